The van der Waals surface area contributed by atoms with Crippen molar-refractivity contribution in [3.8, 4) is 22.4 Å². The predicted molar refractivity (Wildman–Crippen MR) is 125 cm³/mol. The third-order valence-electron chi connectivity index (χ3n) is 5.29. The molecule has 3 N–H and O–H groups in total. The number of hydrogen-bond acceptors (Lipinski definition) is 6. The maximum absolute atomic E-state index is 15.9. The van der Waals surface area contributed by atoms with E-state index in [4.69, 9.17) is 5.73 Å². The Kier molecular flexibility index (Phi) is 6.61. The Labute approximate surface area is 207 Å². The third kappa shape index (κ3) is 4.58. The number of anilines is 2. The molecule has 0 aliphatic rings. The molecule has 1 amide bonds. The molecule has 0 spiro atoms. The number of carbonyl (C=O) groups is 1. The van der Waals surface area contributed by atoms with Crippen molar-refractivity contribution in [1.82, 2.24) is 14.8 Å². The number of aromatic nitrogens is 3. The van der Waals surface area contributed by atoms with E-state index in [9.17, 15) is 27.1 Å². The van der Waals surface area contributed by atoms with E-state index in [0.29, 0.717) is 29.8 Å². The lowest BCUT2D eigenvalue weighted by molar-refractivity contribution is 0.206. The first kappa shape index (κ1) is 25.6. The summed E-state index contributed by atoms with van der Waals surface area (Å²) in [5.74, 6) is -5.37. The zero-order valence-corrected chi connectivity index (χ0v) is 19.7. The average molecular weight is 535 g/mol. The molecule has 0 saturated carbocycles. The van der Waals surface area contributed by atoms with Crippen LogP contribution in [0.25, 0.3) is 22.4 Å². The van der Waals surface area contributed by atoms with Crippen LogP contribution in [-0.2, 0) is 16.6 Å². The lowest BCUT2D eigenvalue weighted by Gasteiger charge is -2.21. The van der Waals surface area contributed by atoms with Crippen LogP contribution in [0.15, 0.2) is 59.8 Å². The molecule has 0 atom stereocenters. The summed E-state index contributed by atoms with van der Waals surface area (Å²) in [5, 5.41) is 13.8. The maximum atomic E-state index is 15.9. The van der Waals surface area contributed by atoms with E-state index in [-0.39, 0.29) is 29.7 Å². The highest BCUT2D eigenvalue weighted by molar-refractivity contribution is 7.93. The van der Waals surface area contributed by atoms with Crippen LogP contribution in [0, 0.1) is 23.3 Å². The number of amides is 1. The number of aryl methyl sites for hydroxylation is 1. The van der Waals surface area contributed by atoms with Crippen molar-refractivity contribution in [1.29, 1.82) is 0 Å². The van der Waals surface area contributed by atoms with Crippen molar-refractivity contribution in [2.24, 2.45) is 0 Å². The van der Waals surface area contributed by atoms with E-state index < -0.39 is 59.8 Å². The molecular formula is C23H17F4N5O4S. The highest BCUT2D eigenvalue weighted by Gasteiger charge is 2.37. The zero-order chi connectivity index (χ0) is 27.1. The molecule has 4 rings (SSSR count). The molecule has 0 unspecified atom stereocenters. The van der Waals surface area contributed by atoms with Crippen LogP contribution in [0.5, 0.6) is 0 Å². The number of benzene rings is 2. The molecule has 0 aliphatic carbocycles. The Balaban J connectivity index is 1.97. The van der Waals surface area contributed by atoms with Gasteiger partial charge in [-0.25, -0.2) is 35.8 Å². The van der Waals surface area contributed by atoms with Crippen LogP contribution < -0.4 is 10.0 Å². The monoisotopic (exact) mass is 535 g/mol. The molecule has 2 aromatic heterocycles. The molecule has 0 aliphatic heterocycles. The van der Waals surface area contributed by atoms with Gasteiger partial charge in [0.05, 0.1) is 5.56 Å². The van der Waals surface area contributed by atoms with Gasteiger partial charge in [-0.3, -0.25) is 4.68 Å². The number of nitrogens with zero attached hydrogens (tertiary/aromatic N) is 4. The van der Waals surface area contributed by atoms with Gasteiger partial charge in [-0.15, -0.1) is 0 Å². The largest absolute Gasteiger partial charge is 0.464 e. The van der Waals surface area contributed by atoms with Crippen LogP contribution in [-0.4, -0.2) is 34.4 Å². The van der Waals surface area contributed by atoms with E-state index in [2.05, 4.69) is 10.1 Å². The van der Waals surface area contributed by atoms with Gasteiger partial charge in [0.15, 0.2) is 5.82 Å². The second kappa shape index (κ2) is 9.54. The SMILES string of the molecule is CCn1cc(-c2ccnc(N)c2)c(-c2c(F)ccc(N(C(=O)O)S(=O)(=O)c3cc(F)ccc3F)c2F)n1. The van der Waals surface area contributed by atoms with E-state index in [1.54, 1.807) is 6.92 Å². The van der Waals surface area contributed by atoms with Crippen LogP contribution in [0.3, 0.4) is 0 Å². The number of sulfonamides is 1. The Morgan fingerprint density at radius 1 is 1.08 bits per heavy atom. The molecule has 14 heteroatoms. The highest BCUT2D eigenvalue weighted by atomic mass is 32.2. The normalized spacial score (nSPS) is 11.5. The van der Waals surface area contributed by atoms with Crippen LogP contribution in [0.1, 0.15) is 6.92 Å². The molecule has 192 valence electrons. The minimum absolute atomic E-state index is 0.0997. The highest BCUT2D eigenvalue weighted by Crippen LogP contribution is 2.39. The molecule has 0 bridgehead atoms. The number of rotatable bonds is 6. The molecular weight excluding hydrogens is 518 g/mol. The zero-order valence-electron chi connectivity index (χ0n) is 18.9. The average Bonchev–Trinajstić information content (AvgIpc) is 3.26. The first-order chi connectivity index (χ1) is 17.4. The summed E-state index contributed by atoms with van der Waals surface area (Å²) in [7, 11) is -5.40. The Bertz CT molecular complexity index is 1640. The van der Waals surface area contributed by atoms with Crippen molar-refractivity contribution in [2.75, 3.05) is 10.0 Å². The molecule has 2 aromatic carbocycles. The molecule has 4 aromatic rings. The third-order valence-corrected chi connectivity index (χ3v) is 6.99. The molecule has 0 saturated heterocycles. The van der Waals surface area contributed by atoms with Gasteiger partial charge in [0.1, 0.15) is 39.5 Å². The van der Waals surface area contributed by atoms with Crippen molar-refractivity contribution in [3.63, 3.8) is 0 Å². The van der Waals surface area contributed by atoms with Gasteiger partial charge in [0, 0.05) is 24.5 Å². The second-order valence-corrected chi connectivity index (χ2v) is 9.35. The summed E-state index contributed by atoms with van der Waals surface area (Å²) < 4.78 is 85.8. The topological polar surface area (TPSA) is 131 Å². The van der Waals surface area contributed by atoms with Crippen LogP contribution in [0.2, 0.25) is 0 Å². The van der Waals surface area contributed by atoms with Crippen molar-refractivity contribution < 1.29 is 35.9 Å². The van der Waals surface area contributed by atoms with Gasteiger partial charge < -0.3 is 10.8 Å². The van der Waals surface area contributed by atoms with Crippen LogP contribution >= 0.6 is 0 Å². The standard InChI is InChI=1S/C23H17F4N5O4S/c1-2-31-11-14(12-7-8-29-19(28)9-12)22(30-31)20-16(26)5-6-17(21(20)27)32(23(33)34)37(35,36)18-10-13(24)3-4-15(18)25/h3-11H,2H2,1H3,(H2,28,29)(H,33,34). The minimum Gasteiger partial charge on any atom is -0.464 e. The smallest absolute Gasteiger partial charge is 0.426 e. The fraction of sp³-hybridized carbons (Fsp3) is 0.0870. The minimum atomic E-state index is -5.40. The molecule has 0 fully saturated rings. The van der Waals surface area contributed by atoms with Gasteiger partial charge >= 0.3 is 6.09 Å². The molecule has 2 heterocycles. The number of carboxylic acid groups (broad SMARTS) is 1. The fourth-order valence-corrected chi connectivity index (χ4v) is 5.00. The quantitative estimate of drug-likeness (QED) is 0.344. The Hall–Kier alpha value is -4.46. The Morgan fingerprint density at radius 2 is 1.78 bits per heavy atom. The summed E-state index contributed by atoms with van der Waals surface area (Å²) >= 11 is 0. The summed E-state index contributed by atoms with van der Waals surface area (Å²) in [4.78, 5) is 14.5. The van der Waals surface area contributed by atoms with E-state index in [0.717, 1.165) is 0 Å². The summed E-state index contributed by atoms with van der Waals surface area (Å²) in [6.07, 6.45) is 0.567. The Morgan fingerprint density at radius 3 is 2.43 bits per heavy atom. The number of halogens is 4. The maximum Gasteiger partial charge on any atom is 0.426 e. The summed E-state index contributed by atoms with van der Waals surface area (Å²) in [6, 6.07) is 5.44. The van der Waals surface area contributed by atoms with Gasteiger partial charge in [-0.05, 0) is 55.0 Å². The van der Waals surface area contributed by atoms with E-state index in [1.807, 2.05) is 0 Å². The lowest BCUT2D eigenvalue weighted by atomic mass is 10.0. The number of nitrogens with two attached hydrogens (primary N) is 1. The van der Waals surface area contributed by atoms with E-state index >= 15 is 8.78 Å². The van der Waals surface area contributed by atoms with Crippen LogP contribution in [0.4, 0.5) is 33.9 Å². The molecule has 9 nitrogen and oxygen atoms in total. The number of hydrogen-bond donors (Lipinski definition) is 2. The van der Waals surface area contributed by atoms with Gasteiger partial charge in [0.2, 0.25) is 0 Å². The van der Waals surface area contributed by atoms with Gasteiger partial charge in [-0.2, -0.15) is 9.40 Å². The van der Waals surface area contributed by atoms with E-state index in [1.165, 1.54) is 29.2 Å². The van der Waals surface area contributed by atoms with Gasteiger partial charge in [-0.1, -0.05) is 0 Å². The molecule has 0 radical (unpaired) electrons. The fourth-order valence-electron chi connectivity index (χ4n) is 3.62. The van der Waals surface area contributed by atoms with Gasteiger partial charge in [0.25, 0.3) is 10.0 Å². The molecule has 37 heavy (non-hydrogen) atoms. The first-order valence-corrected chi connectivity index (χ1v) is 11.9. The predicted octanol–water partition coefficient (Wildman–Crippen LogP) is 4.64. The van der Waals surface area contributed by atoms with Crippen molar-refractivity contribution in [3.05, 3.63) is 78.1 Å². The second-order valence-electron chi connectivity index (χ2n) is 7.60. The summed E-state index contributed by atoms with van der Waals surface area (Å²) in [6.45, 7) is 1.99. The number of nitrogen functional groups attached to an aromatic ring is 1. The van der Waals surface area contributed by atoms with Crippen molar-refractivity contribution in [2.45, 2.75) is 18.4 Å². The number of pyridine rings is 1. The first-order valence-electron chi connectivity index (χ1n) is 10.5. The summed E-state index contributed by atoms with van der Waals surface area (Å²) in [5.41, 5.74) is 3.99. The lowest BCUT2D eigenvalue weighted by Crippen LogP contribution is -2.37. The van der Waals surface area contributed by atoms with Crippen molar-refractivity contribution >= 4 is 27.6 Å².